The first-order valence-corrected chi connectivity index (χ1v) is 8.76. The molecule has 0 radical (unpaired) electrons. The molecular weight excluding hydrogens is 316 g/mol. The van der Waals surface area contributed by atoms with Gasteiger partial charge in [0.05, 0.1) is 23.6 Å². The van der Waals surface area contributed by atoms with Crippen molar-refractivity contribution in [3.05, 3.63) is 47.5 Å². The smallest absolute Gasteiger partial charge is 0.255 e. The normalized spacial score (nSPS) is 16.9. The van der Waals surface area contributed by atoms with Gasteiger partial charge in [0.2, 0.25) is 0 Å². The van der Waals surface area contributed by atoms with Crippen LogP contribution in [0.25, 0.3) is 5.69 Å². The number of aryl methyl sites for hydroxylation is 1. The van der Waals surface area contributed by atoms with Gasteiger partial charge in [0, 0.05) is 50.3 Å². The van der Waals surface area contributed by atoms with Crippen molar-refractivity contribution in [3.8, 4) is 5.69 Å². The van der Waals surface area contributed by atoms with Gasteiger partial charge in [-0.1, -0.05) is 0 Å². The fourth-order valence-corrected chi connectivity index (χ4v) is 3.54. The van der Waals surface area contributed by atoms with E-state index in [-0.39, 0.29) is 12.0 Å². The van der Waals surface area contributed by atoms with Gasteiger partial charge >= 0.3 is 0 Å². The number of hydrogen-bond acceptors (Lipinski definition) is 4. The highest BCUT2D eigenvalue weighted by Crippen LogP contribution is 2.22. The van der Waals surface area contributed by atoms with Crippen molar-refractivity contribution in [1.29, 1.82) is 0 Å². The summed E-state index contributed by atoms with van der Waals surface area (Å²) in [6.07, 6.45) is 3.22. The lowest BCUT2D eigenvalue weighted by Gasteiger charge is -2.35. The van der Waals surface area contributed by atoms with Crippen LogP contribution in [0.3, 0.4) is 0 Å². The van der Waals surface area contributed by atoms with Crippen LogP contribution in [0.2, 0.25) is 0 Å². The standard InChI is InChI=1S/C19H26N4O2/c1-14-11-18(16(3)23(14)17-5-4-6-20-12-17)19(25)22-9-7-21(8-10-22)13-15(2)24/h4-6,11-12,15,24H,7-10,13H2,1-3H3. The Hall–Kier alpha value is -2.18. The molecule has 1 fully saturated rings. The lowest BCUT2D eigenvalue weighted by atomic mass is 10.2. The average molecular weight is 342 g/mol. The number of nitrogens with zero attached hydrogens (tertiary/aromatic N) is 4. The Bertz CT molecular complexity index is 731. The highest BCUT2D eigenvalue weighted by molar-refractivity contribution is 5.96. The molecule has 1 saturated heterocycles. The monoisotopic (exact) mass is 342 g/mol. The average Bonchev–Trinajstić information content (AvgIpc) is 2.89. The van der Waals surface area contributed by atoms with Gasteiger partial charge in [-0.15, -0.1) is 0 Å². The fourth-order valence-electron chi connectivity index (χ4n) is 3.54. The number of piperazine rings is 1. The molecule has 134 valence electrons. The van der Waals surface area contributed by atoms with Gasteiger partial charge in [-0.3, -0.25) is 14.7 Å². The molecule has 1 aliphatic rings. The summed E-state index contributed by atoms with van der Waals surface area (Å²) < 4.78 is 2.07. The summed E-state index contributed by atoms with van der Waals surface area (Å²) in [6.45, 7) is 9.46. The minimum Gasteiger partial charge on any atom is -0.392 e. The third-order valence-electron chi connectivity index (χ3n) is 4.75. The zero-order chi connectivity index (χ0) is 18.0. The molecule has 2 aromatic heterocycles. The van der Waals surface area contributed by atoms with E-state index < -0.39 is 0 Å². The Morgan fingerprint density at radius 2 is 2.00 bits per heavy atom. The van der Waals surface area contributed by atoms with E-state index in [1.165, 1.54) is 0 Å². The number of β-amino-alcohol motifs (C(OH)–C–C–N with tert-alkyl or cyclic N) is 1. The van der Waals surface area contributed by atoms with Gasteiger partial charge < -0.3 is 14.6 Å². The molecule has 3 rings (SSSR count). The van der Waals surface area contributed by atoms with Gasteiger partial charge in [-0.05, 0) is 39.0 Å². The Labute approximate surface area is 148 Å². The van der Waals surface area contributed by atoms with Gasteiger partial charge in [0.1, 0.15) is 0 Å². The van der Waals surface area contributed by atoms with E-state index in [2.05, 4.69) is 14.5 Å². The number of carbonyl (C=O) groups is 1. The predicted octanol–water partition coefficient (Wildman–Crippen LogP) is 1.63. The van der Waals surface area contributed by atoms with E-state index >= 15 is 0 Å². The number of aliphatic hydroxyl groups is 1. The van der Waals surface area contributed by atoms with Crippen LogP contribution in [-0.2, 0) is 0 Å². The van der Waals surface area contributed by atoms with Gasteiger partial charge in [-0.2, -0.15) is 0 Å². The second-order valence-electron chi connectivity index (χ2n) is 6.77. The van der Waals surface area contributed by atoms with Gasteiger partial charge in [0.25, 0.3) is 5.91 Å². The SMILES string of the molecule is Cc1cc(C(=O)N2CCN(CC(C)O)CC2)c(C)n1-c1cccnc1. The Kier molecular flexibility index (Phi) is 5.20. The second-order valence-corrected chi connectivity index (χ2v) is 6.77. The molecule has 1 unspecified atom stereocenters. The molecule has 6 nitrogen and oxygen atoms in total. The van der Waals surface area contributed by atoms with Crippen molar-refractivity contribution in [2.24, 2.45) is 0 Å². The second kappa shape index (κ2) is 7.37. The zero-order valence-corrected chi connectivity index (χ0v) is 15.1. The van der Waals surface area contributed by atoms with E-state index in [1.54, 1.807) is 13.1 Å². The van der Waals surface area contributed by atoms with Crippen molar-refractivity contribution in [2.45, 2.75) is 26.9 Å². The van der Waals surface area contributed by atoms with Crippen LogP contribution in [0, 0.1) is 13.8 Å². The first-order valence-electron chi connectivity index (χ1n) is 8.76. The molecular formula is C19H26N4O2. The highest BCUT2D eigenvalue weighted by Gasteiger charge is 2.25. The van der Waals surface area contributed by atoms with Gasteiger partial charge in [0.15, 0.2) is 0 Å². The van der Waals surface area contributed by atoms with Crippen LogP contribution in [-0.4, -0.2) is 69.2 Å². The summed E-state index contributed by atoms with van der Waals surface area (Å²) in [5.41, 5.74) is 3.70. The summed E-state index contributed by atoms with van der Waals surface area (Å²) in [7, 11) is 0. The molecule has 6 heteroatoms. The molecule has 3 heterocycles. The molecule has 1 atom stereocenters. The Balaban J connectivity index is 1.76. The molecule has 1 aliphatic heterocycles. The molecule has 0 aromatic carbocycles. The molecule has 0 bridgehead atoms. The molecule has 2 aromatic rings. The Morgan fingerprint density at radius 3 is 2.60 bits per heavy atom. The number of pyridine rings is 1. The number of aromatic nitrogens is 2. The maximum Gasteiger partial charge on any atom is 0.255 e. The van der Waals surface area contributed by atoms with Crippen molar-refractivity contribution in [2.75, 3.05) is 32.7 Å². The first-order chi connectivity index (χ1) is 12.0. The van der Waals surface area contributed by atoms with E-state index in [1.807, 2.05) is 43.1 Å². The summed E-state index contributed by atoms with van der Waals surface area (Å²) in [5.74, 6) is 0.0833. The highest BCUT2D eigenvalue weighted by atomic mass is 16.3. The van der Waals surface area contributed by atoms with Crippen LogP contribution in [0.5, 0.6) is 0 Å². The molecule has 1 amide bonds. The molecule has 1 N–H and O–H groups in total. The fraction of sp³-hybridized carbons (Fsp3) is 0.474. The van der Waals surface area contributed by atoms with Crippen molar-refractivity contribution in [3.63, 3.8) is 0 Å². The van der Waals surface area contributed by atoms with Crippen molar-refractivity contribution >= 4 is 5.91 Å². The minimum absolute atomic E-state index is 0.0833. The summed E-state index contributed by atoms with van der Waals surface area (Å²) in [6, 6.07) is 5.86. The summed E-state index contributed by atoms with van der Waals surface area (Å²) in [5, 5.41) is 9.51. The zero-order valence-electron chi connectivity index (χ0n) is 15.1. The molecule has 0 saturated carbocycles. The summed E-state index contributed by atoms with van der Waals surface area (Å²) in [4.78, 5) is 21.3. The van der Waals surface area contributed by atoms with Crippen LogP contribution >= 0.6 is 0 Å². The Morgan fingerprint density at radius 1 is 1.28 bits per heavy atom. The van der Waals surface area contributed by atoms with Crippen LogP contribution in [0.1, 0.15) is 28.7 Å². The van der Waals surface area contributed by atoms with Crippen LogP contribution in [0.4, 0.5) is 0 Å². The maximum absolute atomic E-state index is 13.0. The van der Waals surface area contributed by atoms with Crippen molar-refractivity contribution < 1.29 is 9.90 Å². The van der Waals surface area contributed by atoms with Crippen LogP contribution < -0.4 is 0 Å². The molecule has 25 heavy (non-hydrogen) atoms. The number of hydrogen-bond donors (Lipinski definition) is 1. The van der Waals surface area contributed by atoms with E-state index in [4.69, 9.17) is 0 Å². The van der Waals surface area contributed by atoms with E-state index in [0.717, 1.165) is 35.7 Å². The van der Waals surface area contributed by atoms with Crippen molar-refractivity contribution in [1.82, 2.24) is 19.4 Å². The number of rotatable bonds is 4. The number of carbonyl (C=O) groups excluding carboxylic acids is 1. The number of aliphatic hydroxyl groups excluding tert-OH is 1. The molecule has 0 spiro atoms. The third kappa shape index (κ3) is 3.75. The van der Waals surface area contributed by atoms with Gasteiger partial charge in [-0.25, -0.2) is 0 Å². The topological polar surface area (TPSA) is 61.6 Å². The maximum atomic E-state index is 13.0. The largest absolute Gasteiger partial charge is 0.392 e. The summed E-state index contributed by atoms with van der Waals surface area (Å²) >= 11 is 0. The van der Waals surface area contributed by atoms with E-state index in [0.29, 0.717) is 19.6 Å². The molecule has 0 aliphatic carbocycles. The minimum atomic E-state index is -0.333. The predicted molar refractivity (Wildman–Crippen MR) is 97.1 cm³/mol. The third-order valence-corrected chi connectivity index (χ3v) is 4.75. The van der Waals surface area contributed by atoms with E-state index in [9.17, 15) is 9.90 Å². The quantitative estimate of drug-likeness (QED) is 0.917. The lowest BCUT2D eigenvalue weighted by molar-refractivity contribution is 0.0553. The number of amides is 1. The first kappa shape index (κ1) is 17.6. The lowest BCUT2D eigenvalue weighted by Crippen LogP contribution is -2.50. The van der Waals surface area contributed by atoms with Crippen LogP contribution in [0.15, 0.2) is 30.6 Å².